The Bertz CT molecular complexity index is 1580. The third-order valence-corrected chi connectivity index (χ3v) is 9.50. The van der Waals surface area contributed by atoms with Gasteiger partial charge in [-0.2, -0.15) is 0 Å². The first-order valence-electron chi connectivity index (χ1n) is 16.2. The van der Waals surface area contributed by atoms with Crippen LogP contribution < -0.4 is 19.9 Å². The normalized spacial score (nSPS) is 20.0. The van der Waals surface area contributed by atoms with E-state index < -0.39 is 0 Å². The third-order valence-electron chi connectivity index (χ3n) is 9.50. The maximum Gasteiger partial charge on any atom is 0.255 e. The van der Waals surface area contributed by atoms with Gasteiger partial charge in [0.05, 0.1) is 43.5 Å². The molecule has 0 bridgehead atoms. The summed E-state index contributed by atoms with van der Waals surface area (Å²) < 4.78 is 11.7. The summed E-state index contributed by atoms with van der Waals surface area (Å²) in [5.41, 5.74) is 6.87. The average Bonchev–Trinajstić information content (AvgIpc) is 3.09. The molecule has 0 radical (unpaired) electrons. The first-order chi connectivity index (χ1) is 22.0. The fraction of sp³-hybridized carbons (Fsp3) is 0.417. The molecule has 9 heteroatoms. The Kier molecular flexibility index (Phi) is 8.43. The van der Waals surface area contributed by atoms with E-state index in [1.165, 1.54) is 16.8 Å². The molecule has 4 heterocycles. The number of fused-ring (bicyclic) bond motifs is 1. The molecule has 3 aromatic rings. The summed E-state index contributed by atoms with van der Waals surface area (Å²) in [4.78, 5) is 38.6. The quantitative estimate of drug-likeness (QED) is 0.415. The molecule has 1 saturated heterocycles. The second-order valence-corrected chi connectivity index (χ2v) is 12.4. The van der Waals surface area contributed by atoms with E-state index in [9.17, 15) is 9.59 Å². The van der Waals surface area contributed by atoms with Crippen molar-refractivity contribution in [3.05, 3.63) is 83.2 Å². The van der Waals surface area contributed by atoms with Crippen molar-refractivity contribution in [3.63, 3.8) is 0 Å². The maximum absolute atomic E-state index is 14.0. The Morgan fingerprint density at radius 3 is 2.60 bits per heavy atom. The fourth-order valence-corrected chi connectivity index (χ4v) is 7.10. The lowest BCUT2D eigenvalue weighted by molar-refractivity contribution is -0.123. The van der Waals surface area contributed by atoms with Gasteiger partial charge in [0, 0.05) is 50.7 Å². The first kappa shape index (κ1) is 29.3. The number of allylic oxidation sites excluding steroid dienone is 1. The molecule has 7 rings (SSSR count). The van der Waals surface area contributed by atoms with Crippen LogP contribution in [0.4, 0.5) is 11.5 Å². The molecule has 1 N–H and O–H groups in total. The topological polar surface area (TPSA) is 87.2 Å². The lowest BCUT2D eigenvalue weighted by Gasteiger charge is -2.37. The summed E-state index contributed by atoms with van der Waals surface area (Å²) in [5.74, 6) is 1.19. The number of anilines is 2. The highest BCUT2D eigenvalue weighted by atomic mass is 16.5. The highest BCUT2D eigenvalue weighted by Gasteiger charge is 2.34. The number of ketones is 1. The summed E-state index contributed by atoms with van der Waals surface area (Å²) >= 11 is 0. The predicted molar refractivity (Wildman–Crippen MR) is 175 cm³/mol. The Balaban J connectivity index is 1.20. The molecular weight excluding hydrogens is 566 g/mol. The minimum Gasteiger partial charge on any atom is -0.489 e. The summed E-state index contributed by atoms with van der Waals surface area (Å²) in [7, 11) is 2.01. The number of hydrogen-bond donors (Lipinski definition) is 1. The number of morpholine rings is 1. The minimum absolute atomic E-state index is 0.172. The number of ether oxygens (including phenoxy) is 2. The average molecular weight is 608 g/mol. The van der Waals surface area contributed by atoms with Crippen LogP contribution in [0.3, 0.4) is 0 Å². The van der Waals surface area contributed by atoms with Crippen molar-refractivity contribution in [1.82, 2.24) is 15.2 Å². The number of carbonyl (C=O) groups excluding carboxylic acids is 2. The lowest BCUT2D eigenvalue weighted by atomic mass is 9.81. The van der Waals surface area contributed by atoms with Crippen LogP contribution in [0.5, 0.6) is 5.75 Å². The number of hydrogen-bond acceptors (Lipinski definition) is 8. The standard InChI is InChI=1S/C36H41N5O4/c1-39-24-33(42)30(28-9-5-6-10-31(28)39)22-38-36(43)29-19-27(26-11-12-34(37-21-26)40-13-16-44-17-14-40)20-32-35(29)45-18-15-41(32)23-25-7-3-2-4-8-25/h2-4,7-8,11-12,19-21,30H,5-6,9-10,13-18,22-24H2,1H3,(H,38,43). The number of rotatable bonds is 7. The lowest BCUT2D eigenvalue weighted by Crippen LogP contribution is -2.44. The van der Waals surface area contributed by atoms with Crippen LogP contribution in [0.25, 0.3) is 11.1 Å². The molecule has 1 unspecified atom stereocenters. The van der Waals surface area contributed by atoms with E-state index in [4.69, 9.17) is 14.5 Å². The second-order valence-electron chi connectivity index (χ2n) is 12.4. The molecule has 3 aliphatic heterocycles. The zero-order chi connectivity index (χ0) is 30.8. The zero-order valence-electron chi connectivity index (χ0n) is 26.0. The first-order valence-corrected chi connectivity index (χ1v) is 16.2. The number of nitrogens with one attached hydrogen (secondary N) is 1. The van der Waals surface area contributed by atoms with Crippen LogP contribution in [0.1, 0.15) is 41.6 Å². The molecule has 234 valence electrons. The van der Waals surface area contributed by atoms with Crippen LogP contribution in [-0.4, -0.2) is 81.2 Å². The van der Waals surface area contributed by atoms with Crippen molar-refractivity contribution in [3.8, 4) is 16.9 Å². The van der Waals surface area contributed by atoms with Gasteiger partial charge in [-0.15, -0.1) is 0 Å². The Morgan fingerprint density at radius 1 is 0.978 bits per heavy atom. The molecule has 1 aliphatic carbocycles. The zero-order valence-corrected chi connectivity index (χ0v) is 26.0. The number of nitrogens with zero attached hydrogens (tertiary/aromatic N) is 4. The van der Waals surface area contributed by atoms with Gasteiger partial charge in [0.15, 0.2) is 11.5 Å². The monoisotopic (exact) mass is 607 g/mol. The fourth-order valence-electron chi connectivity index (χ4n) is 7.10. The predicted octanol–water partition coefficient (Wildman–Crippen LogP) is 4.67. The summed E-state index contributed by atoms with van der Waals surface area (Å²) in [6.45, 7) is 5.64. The number of benzene rings is 2. The van der Waals surface area contributed by atoms with Crippen molar-refractivity contribution >= 4 is 23.2 Å². The van der Waals surface area contributed by atoms with Crippen LogP contribution in [0, 0.1) is 5.92 Å². The van der Waals surface area contributed by atoms with Gasteiger partial charge in [0.25, 0.3) is 5.91 Å². The number of pyridine rings is 1. The molecule has 1 aromatic heterocycles. The van der Waals surface area contributed by atoms with E-state index in [1.807, 2.05) is 43.6 Å². The van der Waals surface area contributed by atoms with Gasteiger partial charge in [-0.05, 0) is 66.6 Å². The molecule has 0 saturated carbocycles. The Morgan fingerprint density at radius 2 is 1.80 bits per heavy atom. The van der Waals surface area contributed by atoms with Crippen LogP contribution in [0.15, 0.2) is 72.1 Å². The molecule has 1 fully saturated rings. The van der Waals surface area contributed by atoms with Crippen molar-refractivity contribution < 1.29 is 19.1 Å². The molecule has 45 heavy (non-hydrogen) atoms. The van der Waals surface area contributed by atoms with E-state index >= 15 is 0 Å². The number of amides is 1. The Labute approximate surface area is 264 Å². The van der Waals surface area contributed by atoms with E-state index in [0.717, 1.165) is 61.4 Å². The summed E-state index contributed by atoms with van der Waals surface area (Å²) in [6.07, 6.45) is 6.04. The third kappa shape index (κ3) is 6.14. The molecule has 2 aromatic carbocycles. The molecule has 1 amide bonds. The molecule has 1 atom stereocenters. The van der Waals surface area contributed by atoms with E-state index in [1.54, 1.807) is 0 Å². The van der Waals surface area contributed by atoms with Gasteiger partial charge < -0.3 is 29.5 Å². The smallest absolute Gasteiger partial charge is 0.255 e. The minimum atomic E-state index is -0.271. The Hall–Kier alpha value is -4.37. The van der Waals surface area contributed by atoms with Gasteiger partial charge in [0.1, 0.15) is 12.4 Å². The molecule has 4 aliphatic rings. The molecule has 9 nitrogen and oxygen atoms in total. The van der Waals surface area contributed by atoms with Gasteiger partial charge in [0.2, 0.25) is 0 Å². The number of likely N-dealkylation sites (N-methyl/N-ethyl adjacent to an activating group) is 1. The van der Waals surface area contributed by atoms with Crippen molar-refractivity contribution in [2.24, 2.45) is 5.92 Å². The SMILES string of the molecule is CN1CC(=O)C(CNC(=O)c2cc(-c3ccc(N4CCOCC4)nc3)cc3c2OCCN3Cc2ccccc2)C2=C1CCCC2. The van der Waals surface area contributed by atoms with E-state index in [-0.39, 0.29) is 17.6 Å². The van der Waals surface area contributed by atoms with Crippen molar-refractivity contribution in [1.29, 1.82) is 0 Å². The van der Waals surface area contributed by atoms with Crippen LogP contribution in [-0.2, 0) is 16.1 Å². The van der Waals surface area contributed by atoms with Gasteiger partial charge in [-0.25, -0.2) is 4.98 Å². The van der Waals surface area contributed by atoms with Crippen molar-refractivity contribution in [2.75, 3.05) is 69.4 Å². The molecule has 0 spiro atoms. The van der Waals surface area contributed by atoms with E-state index in [2.05, 4.69) is 44.3 Å². The van der Waals surface area contributed by atoms with E-state index in [0.29, 0.717) is 57.3 Å². The maximum atomic E-state index is 14.0. The van der Waals surface area contributed by atoms with Crippen molar-refractivity contribution in [2.45, 2.75) is 32.2 Å². The van der Waals surface area contributed by atoms with Crippen LogP contribution in [0.2, 0.25) is 0 Å². The number of Topliss-reactive ketones (excluding diaryl/α,β-unsaturated/α-hetero) is 1. The number of carbonyl (C=O) groups is 2. The second kappa shape index (κ2) is 12.9. The highest BCUT2D eigenvalue weighted by molar-refractivity contribution is 6.01. The van der Waals surface area contributed by atoms with Crippen LogP contribution >= 0.6 is 0 Å². The molecular formula is C36H41N5O4. The summed E-state index contributed by atoms with van der Waals surface area (Å²) in [5, 5.41) is 3.15. The van der Waals surface area contributed by atoms with Gasteiger partial charge in [-0.3, -0.25) is 9.59 Å². The number of aromatic nitrogens is 1. The largest absolute Gasteiger partial charge is 0.489 e. The van der Waals surface area contributed by atoms with Gasteiger partial charge >= 0.3 is 0 Å². The summed E-state index contributed by atoms with van der Waals surface area (Å²) in [6, 6.07) is 18.5. The highest BCUT2D eigenvalue weighted by Crippen LogP contribution is 2.41. The van der Waals surface area contributed by atoms with Gasteiger partial charge in [-0.1, -0.05) is 30.3 Å².